The van der Waals surface area contributed by atoms with Crippen molar-refractivity contribution in [2.24, 2.45) is 5.10 Å². The fourth-order valence-corrected chi connectivity index (χ4v) is 6.40. The van der Waals surface area contributed by atoms with Crippen LogP contribution in [0, 0.1) is 0 Å². The molecule has 12 heteroatoms. The van der Waals surface area contributed by atoms with E-state index < -0.39 is 0 Å². The molecule has 258 valence electrons. The van der Waals surface area contributed by atoms with E-state index in [4.69, 9.17) is 5.10 Å². The quantitative estimate of drug-likeness (QED) is 0.187. The molecular formula is C38H41N7O5. The van der Waals surface area contributed by atoms with E-state index >= 15 is 0 Å². The summed E-state index contributed by atoms with van der Waals surface area (Å²) in [6.07, 6.45) is 10.2. The fourth-order valence-electron chi connectivity index (χ4n) is 6.40. The molecule has 0 bridgehead atoms. The normalized spacial score (nSPS) is 16.9. The van der Waals surface area contributed by atoms with Gasteiger partial charge in [0, 0.05) is 81.7 Å². The molecule has 3 aromatic rings. The number of carbonyl (C=O) groups excluding carboxylic acids is 5. The van der Waals surface area contributed by atoms with Crippen molar-refractivity contribution in [2.75, 3.05) is 25.0 Å². The number of aromatic nitrogens is 1. The number of nitrogens with zero attached hydrogens (tertiary/aromatic N) is 5. The van der Waals surface area contributed by atoms with Gasteiger partial charge in [0.1, 0.15) is 0 Å². The first-order chi connectivity index (χ1) is 24.4. The van der Waals surface area contributed by atoms with Gasteiger partial charge >= 0.3 is 6.03 Å². The Balaban J connectivity index is 0.988. The molecule has 2 aromatic carbocycles. The molecule has 0 saturated heterocycles. The number of unbranched alkanes of at least 4 members (excludes halogenated alkanes) is 3. The number of hydrazone groups is 1. The second kappa shape index (κ2) is 16.2. The molecule has 0 fully saturated rings. The molecule has 3 aliphatic heterocycles. The number of nitrogens with one attached hydrogen (secondary N) is 2. The van der Waals surface area contributed by atoms with Crippen molar-refractivity contribution < 1.29 is 24.0 Å². The lowest BCUT2D eigenvalue weighted by Gasteiger charge is -2.30. The third-order valence-corrected chi connectivity index (χ3v) is 9.18. The second-order valence-electron chi connectivity index (χ2n) is 12.7. The molecule has 4 heterocycles. The first-order valence-corrected chi connectivity index (χ1v) is 17.2. The van der Waals surface area contributed by atoms with Crippen LogP contribution < -0.4 is 10.6 Å². The highest BCUT2D eigenvalue weighted by atomic mass is 16.2. The monoisotopic (exact) mass is 675 g/mol. The first kappa shape index (κ1) is 34.2. The summed E-state index contributed by atoms with van der Waals surface area (Å²) in [7, 11) is 0. The SMILES string of the molecule is O=C(CCCCCN1C(=O)C=CC1=O)NCCCCN1N=C(c2ccc(NC(=O)N3Cc4ccncc4C3)cc2)C(c2ccccc2)CC1=O. The molecule has 6 amide bonds. The van der Waals surface area contributed by atoms with Crippen LogP contribution in [-0.2, 0) is 32.3 Å². The topological polar surface area (TPSA) is 144 Å². The van der Waals surface area contributed by atoms with Crippen LogP contribution in [0.3, 0.4) is 0 Å². The Hall–Kier alpha value is -5.65. The first-order valence-electron chi connectivity index (χ1n) is 17.2. The Labute approximate surface area is 291 Å². The van der Waals surface area contributed by atoms with Gasteiger partial charge in [-0.15, -0.1) is 0 Å². The van der Waals surface area contributed by atoms with Crippen molar-refractivity contribution in [1.82, 2.24) is 25.1 Å². The number of imide groups is 1. The molecule has 0 radical (unpaired) electrons. The molecule has 1 unspecified atom stereocenters. The lowest BCUT2D eigenvalue weighted by Crippen LogP contribution is -2.37. The highest BCUT2D eigenvalue weighted by molar-refractivity contribution is 6.13. The van der Waals surface area contributed by atoms with E-state index in [0.29, 0.717) is 76.9 Å². The van der Waals surface area contributed by atoms with Gasteiger partial charge in [-0.05, 0) is 66.1 Å². The standard InChI is InChI=1S/C38H41N7O5/c46-33(11-5-2-7-21-44-34(47)16-17-35(44)48)40-19-6-8-22-45-36(49)23-32(27-9-3-1-4-10-27)37(42-45)28-12-14-31(15-13-28)41-38(50)43-25-29-18-20-39-24-30(29)26-43/h1,3-4,9-10,12-18,20,24,32H,2,5-8,11,19,21-23,25-26H2,(H,40,46)(H,41,50). The lowest BCUT2D eigenvalue weighted by molar-refractivity contribution is -0.137. The Bertz CT molecular complexity index is 1750. The lowest BCUT2D eigenvalue weighted by atomic mass is 9.86. The Kier molecular flexibility index (Phi) is 11.1. The minimum Gasteiger partial charge on any atom is -0.356 e. The number of hydrogen-bond donors (Lipinski definition) is 2. The number of fused-ring (bicyclic) bond motifs is 1. The summed E-state index contributed by atoms with van der Waals surface area (Å²) < 4.78 is 0. The minimum absolute atomic E-state index is 0.0393. The Morgan fingerprint density at radius 1 is 0.800 bits per heavy atom. The maximum atomic E-state index is 13.3. The highest BCUT2D eigenvalue weighted by Gasteiger charge is 2.31. The number of pyridine rings is 1. The van der Waals surface area contributed by atoms with E-state index in [9.17, 15) is 24.0 Å². The van der Waals surface area contributed by atoms with E-state index in [1.54, 1.807) is 17.3 Å². The molecular weight excluding hydrogens is 634 g/mol. The summed E-state index contributed by atoms with van der Waals surface area (Å²) in [5, 5.41) is 12.3. The molecule has 12 nitrogen and oxygen atoms in total. The largest absolute Gasteiger partial charge is 0.356 e. The zero-order valence-corrected chi connectivity index (χ0v) is 27.9. The summed E-state index contributed by atoms with van der Waals surface area (Å²) >= 11 is 0. The zero-order valence-electron chi connectivity index (χ0n) is 27.9. The van der Waals surface area contributed by atoms with Gasteiger partial charge in [-0.25, -0.2) is 9.80 Å². The number of anilines is 1. The van der Waals surface area contributed by atoms with E-state index in [0.717, 1.165) is 34.4 Å². The van der Waals surface area contributed by atoms with Crippen molar-refractivity contribution in [2.45, 2.75) is 64.0 Å². The predicted molar refractivity (Wildman–Crippen MR) is 188 cm³/mol. The van der Waals surface area contributed by atoms with Gasteiger partial charge in [-0.2, -0.15) is 5.10 Å². The molecule has 3 aliphatic rings. The van der Waals surface area contributed by atoms with Gasteiger partial charge in [0.2, 0.25) is 11.8 Å². The smallest absolute Gasteiger partial charge is 0.322 e. The number of urea groups is 1. The van der Waals surface area contributed by atoms with Crippen LogP contribution in [-0.4, -0.2) is 74.8 Å². The number of rotatable bonds is 14. The Morgan fingerprint density at radius 2 is 1.54 bits per heavy atom. The fraction of sp³-hybridized carbons (Fsp3) is 0.342. The average Bonchev–Trinajstić information content (AvgIpc) is 3.71. The number of amides is 6. The van der Waals surface area contributed by atoms with E-state index in [1.807, 2.05) is 60.7 Å². The third-order valence-electron chi connectivity index (χ3n) is 9.18. The van der Waals surface area contributed by atoms with Crippen LogP contribution in [0.5, 0.6) is 0 Å². The minimum atomic E-state index is -0.281. The van der Waals surface area contributed by atoms with Crippen LogP contribution in [0.25, 0.3) is 0 Å². The number of carbonyl (C=O) groups is 5. The summed E-state index contributed by atoms with van der Waals surface area (Å²) in [5.41, 5.74) is 5.50. The highest BCUT2D eigenvalue weighted by Crippen LogP contribution is 2.31. The van der Waals surface area contributed by atoms with Gasteiger partial charge in [0.25, 0.3) is 11.8 Å². The molecule has 6 rings (SSSR count). The van der Waals surface area contributed by atoms with Crippen LogP contribution in [0.4, 0.5) is 10.5 Å². The van der Waals surface area contributed by atoms with Gasteiger partial charge < -0.3 is 15.5 Å². The van der Waals surface area contributed by atoms with E-state index in [1.165, 1.54) is 22.1 Å². The van der Waals surface area contributed by atoms with E-state index in [2.05, 4.69) is 15.6 Å². The third kappa shape index (κ3) is 8.49. The van der Waals surface area contributed by atoms with Crippen LogP contribution >= 0.6 is 0 Å². The summed E-state index contributed by atoms with van der Waals surface area (Å²) in [6, 6.07) is 19.2. The van der Waals surface area contributed by atoms with Gasteiger partial charge in [0.05, 0.1) is 5.71 Å². The number of benzene rings is 2. The molecule has 0 spiro atoms. The molecule has 0 saturated carbocycles. The molecule has 0 aliphatic carbocycles. The van der Waals surface area contributed by atoms with Crippen molar-refractivity contribution in [3.63, 3.8) is 0 Å². The van der Waals surface area contributed by atoms with Gasteiger partial charge in [0.15, 0.2) is 0 Å². The van der Waals surface area contributed by atoms with Crippen molar-refractivity contribution in [1.29, 1.82) is 0 Å². The van der Waals surface area contributed by atoms with Crippen LogP contribution in [0.15, 0.2) is 90.3 Å². The maximum absolute atomic E-state index is 13.3. The van der Waals surface area contributed by atoms with Crippen LogP contribution in [0.2, 0.25) is 0 Å². The zero-order chi connectivity index (χ0) is 34.9. The summed E-state index contributed by atoms with van der Waals surface area (Å²) in [4.78, 5) is 68.9. The molecule has 1 aromatic heterocycles. The second-order valence-corrected chi connectivity index (χ2v) is 12.7. The van der Waals surface area contributed by atoms with Gasteiger partial charge in [-0.3, -0.25) is 29.1 Å². The van der Waals surface area contributed by atoms with Crippen molar-refractivity contribution in [3.8, 4) is 0 Å². The predicted octanol–water partition coefficient (Wildman–Crippen LogP) is 4.73. The van der Waals surface area contributed by atoms with Crippen molar-refractivity contribution >= 4 is 41.1 Å². The molecule has 2 N–H and O–H groups in total. The van der Waals surface area contributed by atoms with Crippen molar-refractivity contribution in [3.05, 3.63) is 107 Å². The Morgan fingerprint density at radius 3 is 2.30 bits per heavy atom. The summed E-state index contributed by atoms with van der Waals surface area (Å²) in [5.74, 6) is -0.856. The summed E-state index contributed by atoms with van der Waals surface area (Å²) in [6.45, 7) is 2.37. The number of hydrogen-bond acceptors (Lipinski definition) is 7. The van der Waals surface area contributed by atoms with Gasteiger partial charge in [-0.1, -0.05) is 48.9 Å². The van der Waals surface area contributed by atoms with Crippen LogP contribution in [0.1, 0.15) is 73.1 Å². The maximum Gasteiger partial charge on any atom is 0.322 e. The average molecular weight is 676 g/mol. The molecule has 50 heavy (non-hydrogen) atoms. The van der Waals surface area contributed by atoms with E-state index in [-0.39, 0.29) is 35.6 Å². The molecule has 1 atom stereocenters.